The highest BCUT2D eigenvalue weighted by atomic mass is 16.3. The van der Waals surface area contributed by atoms with Crippen LogP contribution in [0.1, 0.15) is 0 Å². The molecule has 0 atom stereocenters. The monoisotopic (exact) mass is 752 g/mol. The minimum Gasteiger partial charge on any atom is -0.456 e. The average molecular weight is 753 g/mol. The Morgan fingerprint density at radius 1 is 0.271 bits per heavy atom. The number of fused-ring (bicyclic) bond motifs is 4. The number of rotatable bonds is 7. The summed E-state index contributed by atoms with van der Waals surface area (Å²) in [4.78, 5) is 10.6. The first-order valence-corrected chi connectivity index (χ1v) is 20.0. The van der Waals surface area contributed by atoms with Gasteiger partial charge in [0, 0.05) is 27.5 Å². The lowest BCUT2D eigenvalue weighted by Crippen LogP contribution is -1.98. The molecule has 11 rings (SSSR count). The Kier molecular flexibility index (Phi) is 8.49. The van der Waals surface area contributed by atoms with Crippen molar-refractivity contribution < 1.29 is 4.42 Å². The SMILES string of the molecule is c1ccc(-c2nc(-c3cc(-c4ccc5oc6ccccc6c5c4)cc(-c4ccccc4-c4ccccc4)c3)cc(-c3ccccc3-c3ccc4ccccc4c3)n2)cc1. The Morgan fingerprint density at radius 2 is 0.831 bits per heavy atom. The van der Waals surface area contributed by atoms with Gasteiger partial charge in [-0.2, -0.15) is 0 Å². The molecule has 9 aromatic carbocycles. The summed E-state index contributed by atoms with van der Waals surface area (Å²) >= 11 is 0. The highest BCUT2D eigenvalue weighted by Crippen LogP contribution is 2.41. The molecule has 3 nitrogen and oxygen atoms in total. The minimum atomic E-state index is 0.675. The molecule has 0 radical (unpaired) electrons. The molecule has 59 heavy (non-hydrogen) atoms. The van der Waals surface area contributed by atoms with Crippen LogP contribution in [0.5, 0.6) is 0 Å². The van der Waals surface area contributed by atoms with Crippen molar-refractivity contribution in [3.63, 3.8) is 0 Å². The van der Waals surface area contributed by atoms with Gasteiger partial charge in [0.2, 0.25) is 0 Å². The Hall–Kier alpha value is -7.88. The van der Waals surface area contributed by atoms with E-state index in [-0.39, 0.29) is 0 Å². The van der Waals surface area contributed by atoms with Crippen LogP contribution in [-0.4, -0.2) is 9.97 Å². The Bertz CT molecular complexity index is 3330. The topological polar surface area (TPSA) is 38.9 Å². The predicted molar refractivity (Wildman–Crippen MR) is 245 cm³/mol. The summed E-state index contributed by atoms with van der Waals surface area (Å²) in [6, 6.07) is 77.1. The first-order chi connectivity index (χ1) is 29.2. The molecule has 0 unspecified atom stereocenters. The second-order valence-corrected chi connectivity index (χ2v) is 15.0. The Balaban J connectivity index is 1.15. The van der Waals surface area contributed by atoms with Gasteiger partial charge in [-0.3, -0.25) is 0 Å². The Labute approximate surface area is 342 Å². The molecule has 0 saturated carbocycles. The van der Waals surface area contributed by atoms with Crippen LogP contribution >= 0.6 is 0 Å². The van der Waals surface area contributed by atoms with Crippen molar-refractivity contribution in [3.8, 4) is 78.4 Å². The lowest BCUT2D eigenvalue weighted by molar-refractivity contribution is 0.669. The molecule has 2 heterocycles. The zero-order valence-electron chi connectivity index (χ0n) is 32.1. The molecule has 0 fully saturated rings. The van der Waals surface area contributed by atoms with Crippen LogP contribution in [0.4, 0.5) is 0 Å². The summed E-state index contributed by atoms with van der Waals surface area (Å²) < 4.78 is 6.25. The van der Waals surface area contributed by atoms with Crippen molar-refractivity contribution in [1.29, 1.82) is 0 Å². The Morgan fingerprint density at radius 3 is 1.63 bits per heavy atom. The van der Waals surface area contributed by atoms with Gasteiger partial charge in [0.1, 0.15) is 11.2 Å². The number of para-hydroxylation sites is 1. The van der Waals surface area contributed by atoms with Gasteiger partial charge in [-0.05, 0) is 104 Å². The zero-order chi connectivity index (χ0) is 39.1. The molecular formula is C56H36N2O. The van der Waals surface area contributed by atoms with Crippen LogP contribution in [-0.2, 0) is 0 Å². The van der Waals surface area contributed by atoms with E-state index < -0.39 is 0 Å². The zero-order valence-corrected chi connectivity index (χ0v) is 32.1. The highest BCUT2D eigenvalue weighted by molar-refractivity contribution is 6.06. The maximum absolute atomic E-state index is 6.25. The van der Waals surface area contributed by atoms with Crippen molar-refractivity contribution in [2.75, 3.05) is 0 Å². The van der Waals surface area contributed by atoms with Gasteiger partial charge in [-0.25, -0.2) is 9.97 Å². The van der Waals surface area contributed by atoms with Gasteiger partial charge in [0.15, 0.2) is 5.82 Å². The second-order valence-electron chi connectivity index (χ2n) is 15.0. The number of hydrogen-bond donors (Lipinski definition) is 0. The summed E-state index contributed by atoms with van der Waals surface area (Å²) in [6.07, 6.45) is 0. The fourth-order valence-electron chi connectivity index (χ4n) is 8.37. The van der Waals surface area contributed by atoms with Gasteiger partial charge in [0.25, 0.3) is 0 Å². The molecule has 0 saturated heterocycles. The van der Waals surface area contributed by atoms with Crippen molar-refractivity contribution in [2.24, 2.45) is 0 Å². The van der Waals surface area contributed by atoms with E-state index in [1.807, 2.05) is 30.3 Å². The molecule has 3 heteroatoms. The van der Waals surface area contributed by atoms with Gasteiger partial charge < -0.3 is 4.42 Å². The second kappa shape index (κ2) is 14.6. The van der Waals surface area contributed by atoms with E-state index in [1.165, 1.54) is 21.9 Å². The van der Waals surface area contributed by atoms with Gasteiger partial charge in [-0.1, -0.05) is 170 Å². The molecule has 11 aromatic rings. The number of nitrogens with zero attached hydrogens (tertiary/aromatic N) is 2. The summed E-state index contributed by atoms with van der Waals surface area (Å²) in [5.41, 5.74) is 15.5. The lowest BCUT2D eigenvalue weighted by atomic mass is 9.90. The summed E-state index contributed by atoms with van der Waals surface area (Å²) in [6.45, 7) is 0. The molecular weight excluding hydrogens is 717 g/mol. The lowest BCUT2D eigenvalue weighted by Gasteiger charge is -2.16. The van der Waals surface area contributed by atoms with Gasteiger partial charge >= 0.3 is 0 Å². The molecule has 0 spiro atoms. The minimum absolute atomic E-state index is 0.675. The third-order valence-corrected chi connectivity index (χ3v) is 11.3. The molecule has 2 aromatic heterocycles. The molecule has 0 N–H and O–H groups in total. The summed E-state index contributed by atoms with van der Waals surface area (Å²) in [7, 11) is 0. The van der Waals surface area contributed by atoms with E-state index >= 15 is 0 Å². The van der Waals surface area contributed by atoms with Crippen LogP contribution in [0.2, 0.25) is 0 Å². The first kappa shape index (κ1) is 34.4. The van der Waals surface area contributed by atoms with E-state index in [1.54, 1.807) is 0 Å². The highest BCUT2D eigenvalue weighted by Gasteiger charge is 2.18. The number of furan rings is 1. The van der Waals surface area contributed by atoms with E-state index in [2.05, 4.69) is 188 Å². The number of aromatic nitrogens is 2. The van der Waals surface area contributed by atoms with Crippen molar-refractivity contribution in [3.05, 3.63) is 218 Å². The van der Waals surface area contributed by atoms with Crippen LogP contribution < -0.4 is 0 Å². The normalized spacial score (nSPS) is 11.4. The maximum Gasteiger partial charge on any atom is 0.160 e. The number of benzene rings is 9. The fraction of sp³-hybridized carbons (Fsp3) is 0. The van der Waals surface area contributed by atoms with E-state index in [9.17, 15) is 0 Å². The van der Waals surface area contributed by atoms with Crippen LogP contribution in [0, 0.1) is 0 Å². The predicted octanol–water partition coefficient (Wildman–Crippen LogP) is 15.2. The molecule has 0 aliphatic rings. The first-order valence-electron chi connectivity index (χ1n) is 20.0. The molecule has 276 valence electrons. The van der Waals surface area contributed by atoms with E-state index in [0.717, 1.165) is 83.4 Å². The molecule has 0 amide bonds. The largest absolute Gasteiger partial charge is 0.456 e. The van der Waals surface area contributed by atoms with Crippen molar-refractivity contribution >= 4 is 32.7 Å². The van der Waals surface area contributed by atoms with Crippen LogP contribution in [0.15, 0.2) is 223 Å². The van der Waals surface area contributed by atoms with Crippen molar-refractivity contribution in [1.82, 2.24) is 9.97 Å². The van der Waals surface area contributed by atoms with Crippen LogP contribution in [0.25, 0.3) is 111 Å². The van der Waals surface area contributed by atoms with E-state index in [0.29, 0.717) is 5.82 Å². The third kappa shape index (κ3) is 6.45. The average Bonchev–Trinajstić information content (AvgIpc) is 3.70. The maximum atomic E-state index is 6.25. The quantitative estimate of drug-likeness (QED) is 0.163. The molecule has 0 bridgehead atoms. The summed E-state index contributed by atoms with van der Waals surface area (Å²) in [5, 5.41) is 4.62. The van der Waals surface area contributed by atoms with Gasteiger partial charge in [0.05, 0.1) is 11.4 Å². The molecule has 0 aliphatic heterocycles. The smallest absolute Gasteiger partial charge is 0.160 e. The van der Waals surface area contributed by atoms with E-state index in [4.69, 9.17) is 14.4 Å². The standard InChI is InChI=1S/C56H36N2O/c1-3-16-38(17-4-1)46-21-9-10-23-48(46)44-32-43(41-29-30-55-51(35-41)50-25-13-14-26-54(50)59-55)33-45(34-44)52-36-53(58-56(57-52)39-18-5-2-6-19-39)49-24-12-11-22-47(49)42-28-27-37-15-7-8-20-40(37)31-42/h1-36H. The number of hydrogen-bond acceptors (Lipinski definition) is 3. The third-order valence-electron chi connectivity index (χ3n) is 11.3. The fourth-order valence-corrected chi connectivity index (χ4v) is 8.37. The van der Waals surface area contributed by atoms with Gasteiger partial charge in [-0.15, -0.1) is 0 Å². The summed E-state index contributed by atoms with van der Waals surface area (Å²) in [5.74, 6) is 0.675. The van der Waals surface area contributed by atoms with Crippen LogP contribution in [0.3, 0.4) is 0 Å². The van der Waals surface area contributed by atoms with Crippen molar-refractivity contribution in [2.45, 2.75) is 0 Å². The molecule has 0 aliphatic carbocycles.